The van der Waals surface area contributed by atoms with E-state index < -0.39 is 12.6 Å². The van der Waals surface area contributed by atoms with Crippen LogP contribution in [0.5, 0.6) is 0 Å². The molecule has 102 valence electrons. The molecule has 0 aliphatic carbocycles. The van der Waals surface area contributed by atoms with Gasteiger partial charge in [-0.05, 0) is 37.1 Å². The Kier molecular flexibility index (Phi) is 5.66. The van der Waals surface area contributed by atoms with Gasteiger partial charge in [-0.15, -0.1) is 0 Å². The molecule has 0 aromatic heterocycles. The first-order chi connectivity index (χ1) is 8.33. The van der Waals surface area contributed by atoms with E-state index in [0.717, 1.165) is 15.6 Å². The third kappa shape index (κ3) is 4.98. The van der Waals surface area contributed by atoms with Crippen molar-refractivity contribution < 1.29 is 13.2 Å². The first-order valence-corrected chi connectivity index (χ1v) is 6.69. The summed E-state index contributed by atoms with van der Waals surface area (Å²) in [6, 6.07) is 5.42. The highest BCUT2D eigenvalue weighted by molar-refractivity contribution is 9.10. The molecule has 0 spiro atoms. The number of alkyl halides is 3. The lowest BCUT2D eigenvalue weighted by Crippen LogP contribution is -2.23. The lowest BCUT2D eigenvalue weighted by atomic mass is 10.00. The number of benzene rings is 1. The molecule has 1 nitrogen and oxygen atoms in total. The smallest absolute Gasteiger partial charge is 0.310 e. The largest absolute Gasteiger partial charge is 0.389 e. The number of hydrogen-bond donors (Lipinski definition) is 1. The molecule has 0 fully saturated rings. The van der Waals surface area contributed by atoms with Crippen LogP contribution in [-0.2, 0) is 0 Å². The summed E-state index contributed by atoms with van der Waals surface area (Å²) in [7, 11) is 0. The normalized spacial score (nSPS) is 13.7. The van der Waals surface area contributed by atoms with E-state index in [-0.39, 0.29) is 12.5 Å². The van der Waals surface area contributed by atoms with Crippen molar-refractivity contribution in [2.75, 3.05) is 6.54 Å². The fraction of sp³-hybridized carbons (Fsp3) is 0.538. The highest BCUT2D eigenvalue weighted by atomic mass is 79.9. The Morgan fingerprint density at radius 2 is 2.00 bits per heavy atom. The first kappa shape index (κ1) is 15.5. The van der Waals surface area contributed by atoms with Gasteiger partial charge >= 0.3 is 6.18 Å². The molecule has 0 aliphatic heterocycles. The molecule has 0 aliphatic rings. The van der Waals surface area contributed by atoms with Crippen LogP contribution in [0.2, 0.25) is 0 Å². The molecule has 0 bridgehead atoms. The van der Waals surface area contributed by atoms with E-state index in [1.165, 1.54) is 0 Å². The second-order valence-electron chi connectivity index (χ2n) is 4.27. The summed E-state index contributed by atoms with van der Waals surface area (Å²) >= 11 is 3.39. The summed E-state index contributed by atoms with van der Waals surface area (Å²) in [6.45, 7) is 4.48. The molecule has 0 saturated carbocycles. The molecule has 1 aromatic carbocycles. The van der Waals surface area contributed by atoms with E-state index in [1.807, 2.05) is 32.0 Å². The van der Waals surface area contributed by atoms with E-state index in [4.69, 9.17) is 0 Å². The van der Waals surface area contributed by atoms with Gasteiger partial charge in [0.1, 0.15) is 0 Å². The van der Waals surface area contributed by atoms with Crippen LogP contribution in [0.4, 0.5) is 13.2 Å². The van der Waals surface area contributed by atoms with E-state index in [2.05, 4.69) is 21.2 Å². The van der Waals surface area contributed by atoms with Crippen molar-refractivity contribution in [1.29, 1.82) is 0 Å². The minimum atomic E-state index is -4.10. The minimum Gasteiger partial charge on any atom is -0.310 e. The summed E-state index contributed by atoms with van der Waals surface area (Å²) in [5, 5.41) is 3.10. The standard InChI is InChI=1S/C13H17BrF3N/c1-3-18-12(6-7-13(15,16)17)10-4-5-11(14)9(2)8-10/h4-5,8,12,18H,3,6-7H2,1-2H3. The SMILES string of the molecule is CCNC(CCC(F)(F)F)c1ccc(Br)c(C)c1. The average Bonchev–Trinajstić information content (AvgIpc) is 2.27. The molecule has 1 atom stereocenters. The lowest BCUT2D eigenvalue weighted by molar-refractivity contribution is -0.136. The molecule has 1 N–H and O–H groups in total. The molecule has 0 saturated heterocycles. The summed E-state index contributed by atoms with van der Waals surface area (Å²) < 4.78 is 37.8. The molecule has 0 radical (unpaired) electrons. The maximum atomic E-state index is 12.3. The van der Waals surface area contributed by atoms with Crippen LogP contribution < -0.4 is 5.32 Å². The van der Waals surface area contributed by atoms with Gasteiger partial charge in [-0.3, -0.25) is 0 Å². The molecular formula is C13H17BrF3N. The summed E-state index contributed by atoms with van der Waals surface area (Å²) in [4.78, 5) is 0. The van der Waals surface area contributed by atoms with Gasteiger partial charge in [0.2, 0.25) is 0 Å². The maximum Gasteiger partial charge on any atom is 0.389 e. The maximum absolute atomic E-state index is 12.3. The van der Waals surface area contributed by atoms with Crippen LogP contribution in [-0.4, -0.2) is 12.7 Å². The monoisotopic (exact) mass is 323 g/mol. The van der Waals surface area contributed by atoms with Crippen molar-refractivity contribution in [3.8, 4) is 0 Å². The van der Waals surface area contributed by atoms with Gasteiger partial charge in [-0.2, -0.15) is 13.2 Å². The average molecular weight is 324 g/mol. The van der Waals surface area contributed by atoms with Gasteiger partial charge < -0.3 is 5.32 Å². The third-order valence-corrected chi connectivity index (χ3v) is 3.64. The zero-order valence-electron chi connectivity index (χ0n) is 10.4. The Balaban J connectivity index is 2.80. The van der Waals surface area contributed by atoms with Crippen molar-refractivity contribution in [3.63, 3.8) is 0 Å². The summed E-state index contributed by atoms with van der Waals surface area (Å²) in [5.41, 5.74) is 1.93. The minimum absolute atomic E-state index is 0.0679. The molecule has 0 heterocycles. The van der Waals surface area contributed by atoms with Gasteiger partial charge in [0.25, 0.3) is 0 Å². The van der Waals surface area contributed by atoms with Gasteiger partial charge in [0, 0.05) is 16.9 Å². The highest BCUT2D eigenvalue weighted by Gasteiger charge is 2.28. The Bertz CT molecular complexity index is 390. The molecule has 5 heteroatoms. The quantitative estimate of drug-likeness (QED) is 0.824. The fourth-order valence-electron chi connectivity index (χ4n) is 1.83. The van der Waals surface area contributed by atoms with Crippen LogP contribution in [0.15, 0.2) is 22.7 Å². The number of aryl methyl sites for hydroxylation is 1. The number of rotatable bonds is 5. The van der Waals surface area contributed by atoms with Crippen LogP contribution in [0.1, 0.15) is 36.9 Å². The fourth-order valence-corrected chi connectivity index (χ4v) is 2.07. The van der Waals surface area contributed by atoms with Gasteiger partial charge in [-0.25, -0.2) is 0 Å². The van der Waals surface area contributed by atoms with Crippen LogP contribution in [0.25, 0.3) is 0 Å². The van der Waals surface area contributed by atoms with Crippen molar-refractivity contribution in [1.82, 2.24) is 5.32 Å². The number of halogens is 4. The highest BCUT2D eigenvalue weighted by Crippen LogP contribution is 2.29. The van der Waals surface area contributed by atoms with Gasteiger partial charge in [-0.1, -0.05) is 35.0 Å². The van der Waals surface area contributed by atoms with Crippen LogP contribution >= 0.6 is 15.9 Å². The zero-order valence-corrected chi connectivity index (χ0v) is 12.0. The molecular weight excluding hydrogens is 307 g/mol. The molecule has 1 aromatic rings. The van der Waals surface area contributed by atoms with Crippen molar-refractivity contribution in [2.24, 2.45) is 0 Å². The van der Waals surface area contributed by atoms with E-state index in [9.17, 15) is 13.2 Å². The van der Waals surface area contributed by atoms with Crippen molar-refractivity contribution >= 4 is 15.9 Å². The third-order valence-electron chi connectivity index (χ3n) is 2.75. The Morgan fingerprint density at radius 3 is 2.50 bits per heavy atom. The number of nitrogens with one attached hydrogen (secondary N) is 1. The molecule has 1 rings (SSSR count). The summed E-state index contributed by atoms with van der Waals surface area (Å²) in [5.74, 6) is 0. The predicted octanol–water partition coefficient (Wildman–Crippen LogP) is 4.75. The lowest BCUT2D eigenvalue weighted by Gasteiger charge is -2.20. The van der Waals surface area contributed by atoms with E-state index >= 15 is 0 Å². The van der Waals surface area contributed by atoms with Gasteiger partial charge in [0.05, 0.1) is 0 Å². The molecule has 0 amide bonds. The Hall–Kier alpha value is -0.550. The first-order valence-electron chi connectivity index (χ1n) is 5.89. The van der Waals surface area contributed by atoms with Crippen molar-refractivity contribution in [3.05, 3.63) is 33.8 Å². The second-order valence-corrected chi connectivity index (χ2v) is 5.13. The van der Waals surface area contributed by atoms with Crippen molar-refractivity contribution in [2.45, 2.75) is 38.9 Å². The zero-order chi connectivity index (χ0) is 13.8. The Labute approximate surface area is 114 Å². The van der Waals surface area contributed by atoms with Gasteiger partial charge in [0.15, 0.2) is 0 Å². The predicted molar refractivity (Wildman–Crippen MR) is 70.6 cm³/mol. The second kappa shape index (κ2) is 6.57. The molecule has 1 unspecified atom stereocenters. The van der Waals surface area contributed by atoms with E-state index in [0.29, 0.717) is 6.54 Å². The number of hydrogen-bond acceptors (Lipinski definition) is 1. The van der Waals surface area contributed by atoms with Crippen LogP contribution in [0, 0.1) is 6.92 Å². The molecule has 18 heavy (non-hydrogen) atoms. The van der Waals surface area contributed by atoms with Crippen LogP contribution in [0.3, 0.4) is 0 Å². The van der Waals surface area contributed by atoms with E-state index in [1.54, 1.807) is 0 Å². The summed E-state index contributed by atoms with van der Waals surface area (Å²) in [6.07, 6.45) is -4.80. The topological polar surface area (TPSA) is 12.0 Å². The Morgan fingerprint density at radius 1 is 1.33 bits per heavy atom.